The van der Waals surface area contributed by atoms with Gasteiger partial charge in [-0.05, 0) is 12.1 Å². The predicted octanol–water partition coefficient (Wildman–Crippen LogP) is 2.90. The fraction of sp³-hybridized carbons (Fsp3) is 0.467. The number of rotatable bonds is 5. The van der Waals surface area contributed by atoms with Gasteiger partial charge >= 0.3 is 5.97 Å². The van der Waals surface area contributed by atoms with Crippen molar-refractivity contribution in [3.05, 3.63) is 39.9 Å². The minimum atomic E-state index is -2.15. The first-order chi connectivity index (χ1) is 13.0. The first-order valence-corrected chi connectivity index (χ1v) is 8.93. The molecule has 0 bridgehead atoms. The van der Waals surface area contributed by atoms with Gasteiger partial charge in [-0.1, -0.05) is 34.8 Å². The van der Waals surface area contributed by atoms with Gasteiger partial charge in [0.1, 0.15) is 12.3 Å². The third-order valence-corrected chi connectivity index (χ3v) is 4.28. The Bertz CT molecular complexity index is 746. The number of hydrogen-bond donors (Lipinski definition) is 2. The molecule has 9 nitrogen and oxygen atoms in total. The summed E-state index contributed by atoms with van der Waals surface area (Å²) in [4.78, 5) is 22.2. The van der Waals surface area contributed by atoms with Gasteiger partial charge in [-0.3, -0.25) is 15.5 Å². The normalized spacial score (nSPS) is 25.0. The Morgan fingerprint density at radius 1 is 1.36 bits per heavy atom. The van der Waals surface area contributed by atoms with Gasteiger partial charge in [0.05, 0.1) is 10.5 Å². The van der Waals surface area contributed by atoms with Crippen molar-refractivity contribution in [1.29, 1.82) is 5.41 Å². The highest BCUT2D eigenvalue weighted by molar-refractivity contribution is 6.76. The van der Waals surface area contributed by atoms with Crippen molar-refractivity contribution >= 4 is 52.4 Å². The number of hydrogen-bond acceptors (Lipinski definition) is 8. The predicted molar refractivity (Wildman–Crippen MR) is 98.6 cm³/mol. The number of nitrogens with zero attached hydrogens (tertiary/aromatic N) is 1. The second kappa shape index (κ2) is 9.19. The molecule has 28 heavy (non-hydrogen) atoms. The number of nitrogens with two attached hydrogens (primary N) is 1. The number of halogens is 4. The minimum absolute atomic E-state index is 0.00933. The molecule has 4 atom stereocenters. The molecule has 0 spiro atoms. The molecule has 2 rings (SSSR count). The van der Waals surface area contributed by atoms with Gasteiger partial charge in [0.25, 0.3) is 9.48 Å². The number of carbonyl (C=O) groups excluding carboxylic acids is 1. The van der Waals surface area contributed by atoms with Gasteiger partial charge in [0.15, 0.2) is 6.10 Å². The summed E-state index contributed by atoms with van der Waals surface area (Å²) in [6.07, 6.45) is -5.84. The van der Waals surface area contributed by atoms with Crippen LogP contribution in [0.2, 0.25) is 0 Å². The molecule has 1 heterocycles. The summed E-state index contributed by atoms with van der Waals surface area (Å²) in [7, 11) is 0. The number of non-ortho nitro benzene ring substituents is 1. The fourth-order valence-electron chi connectivity index (χ4n) is 2.40. The number of carbonyl (C=O) groups is 1. The van der Waals surface area contributed by atoms with E-state index < -0.39 is 51.7 Å². The van der Waals surface area contributed by atoms with Gasteiger partial charge in [-0.25, -0.2) is 9.18 Å². The lowest BCUT2D eigenvalue weighted by atomic mass is 10.0. The number of nitrogens with one attached hydrogen (secondary N) is 1. The van der Waals surface area contributed by atoms with E-state index in [2.05, 4.69) is 0 Å². The van der Waals surface area contributed by atoms with Crippen molar-refractivity contribution in [2.24, 2.45) is 5.73 Å². The minimum Gasteiger partial charge on any atom is -0.453 e. The lowest BCUT2D eigenvalue weighted by Crippen LogP contribution is -2.53. The zero-order chi connectivity index (χ0) is 21.1. The van der Waals surface area contributed by atoms with Crippen LogP contribution in [0.25, 0.3) is 0 Å². The van der Waals surface area contributed by atoms with E-state index in [1.165, 1.54) is 12.1 Å². The van der Waals surface area contributed by atoms with E-state index in [-0.39, 0.29) is 17.8 Å². The van der Waals surface area contributed by atoms with E-state index in [9.17, 15) is 19.3 Å². The summed E-state index contributed by atoms with van der Waals surface area (Å²) < 4.78 is 28.0. The molecule has 13 heteroatoms. The molecule has 1 saturated heterocycles. The molecule has 154 valence electrons. The van der Waals surface area contributed by atoms with Gasteiger partial charge in [0.2, 0.25) is 12.2 Å². The molecule has 0 radical (unpaired) electrons. The van der Waals surface area contributed by atoms with Gasteiger partial charge in [-0.2, -0.15) is 0 Å². The zero-order valence-corrected chi connectivity index (χ0v) is 16.3. The Morgan fingerprint density at radius 3 is 2.46 bits per heavy atom. The summed E-state index contributed by atoms with van der Waals surface area (Å²) in [6, 6.07) is 4.60. The van der Waals surface area contributed by atoms with E-state index in [0.717, 1.165) is 12.1 Å². The van der Waals surface area contributed by atoms with Gasteiger partial charge < -0.3 is 19.9 Å². The molecule has 1 aliphatic rings. The molecule has 1 aromatic carbocycles. The average Bonchev–Trinajstić information content (AvgIpc) is 2.62. The second-order valence-electron chi connectivity index (χ2n) is 5.71. The molecular weight excluding hydrogens is 444 g/mol. The third kappa shape index (κ3) is 5.65. The summed E-state index contributed by atoms with van der Waals surface area (Å²) >= 11 is 16.5. The van der Waals surface area contributed by atoms with Crippen LogP contribution in [0.15, 0.2) is 24.3 Å². The van der Waals surface area contributed by atoms with Crippen molar-refractivity contribution in [1.82, 2.24) is 0 Å². The molecule has 1 aliphatic heterocycles. The maximum atomic E-state index is 14.6. The van der Waals surface area contributed by atoms with Crippen LogP contribution in [0.3, 0.4) is 0 Å². The van der Waals surface area contributed by atoms with Crippen LogP contribution in [0.5, 0.6) is 0 Å². The Labute approximate surface area is 173 Å². The summed E-state index contributed by atoms with van der Waals surface area (Å²) in [5, 5.41) is 18.2. The van der Waals surface area contributed by atoms with E-state index in [1.54, 1.807) is 0 Å². The first kappa shape index (κ1) is 22.6. The maximum Gasteiger partial charge on any atom is 0.338 e. The maximum absolute atomic E-state index is 14.6. The van der Waals surface area contributed by atoms with Crippen molar-refractivity contribution in [3.63, 3.8) is 0 Å². The lowest BCUT2D eigenvalue weighted by molar-refractivity contribution is -0.384. The smallest absolute Gasteiger partial charge is 0.338 e. The fourth-order valence-corrected chi connectivity index (χ4v) is 2.54. The van der Waals surface area contributed by atoms with Gasteiger partial charge in [-0.15, -0.1) is 0 Å². The van der Waals surface area contributed by atoms with Crippen LogP contribution in [-0.2, 0) is 14.2 Å². The van der Waals surface area contributed by atoms with Crippen LogP contribution >= 0.6 is 34.8 Å². The Hall–Kier alpha value is -1.72. The van der Waals surface area contributed by atoms with Crippen LogP contribution in [0, 0.1) is 15.5 Å². The topological polar surface area (TPSA) is 138 Å². The van der Waals surface area contributed by atoms with Crippen LogP contribution < -0.4 is 5.73 Å². The molecule has 0 saturated carbocycles. The average molecular weight is 459 g/mol. The van der Waals surface area contributed by atoms with E-state index in [0.29, 0.717) is 0 Å². The number of esters is 1. The summed E-state index contributed by atoms with van der Waals surface area (Å²) in [6.45, 7) is -0.223. The highest BCUT2D eigenvalue weighted by atomic mass is 35.6. The first-order valence-electron chi connectivity index (χ1n) is 7.80. The van der Waals surface area contributed by atoms with E-state index >= 15 is 0 Å². The number of benzene rings is 1. The lowest BCUT2D eigenvalue weighted by Gasteiger charge is -2.37. The largest absolute Gasteiger partial charge is 0.453 e. The molecule has 0 aliphatic carbocycles. The SMILES string of the molecule is N=C(OC1CC(F)C(OC(=O)c2ccc([N+](=O)[O-])cc2)C(CN)O1)C(Cl)(Cl)Cl. The second-order valence-corrected chi connectivity index (χ2v) is 7.99. The van der Waals surface area contributed by atoms with Crippen LogP contribution in [-0.4, -0.2) is 51.8 Å². The number of alkyl halides is 4. The molecule has 1 aromatic rings. The Morgan fingerprint density at radius 2 is 1.96 bits per heavy atom. The quantitative estimate of drug-likeness (QED) is 0.173. The summed E-state index contributed by atoms with van der Waals surface area (Å²) in [5.74, 6) is -1.66. The number of ether oxygens (including phenoxy) is 3. The third-order valence-electron chi connectivity index (χ3n) is 3.76. The van der Waals surface area contributed by atoms with Crippen molar-refractivity contribution in [2.75, 3.05) is 6.54 Å². The monoisotopic (exact) mass is 457 g/mol. The molecule has 1 fully saturated rings. The van der Waals surface area contributed by atoms with Gasteiger partial charge in [0, 0.05) is 25.1 Å². The Balaban J connectivity index is 2.04. The molecule has 3 N–H and O–H groups in total. The Kier molecular flexibility index (Phi) is 7.40. The number of nitro groups is 1. The van der Waals surface area contributed by atoms with Crippen LogP contribution in [0.4, 0.5) is 10.1 Å². The molecular formula is C15H15Cl3FN3O6. The van der Waals surface area contributed by atoms with E-state index in [1.807, 2.05) is 0 Å². The molecule has 4 unspecified atom stereocenters. The summed E-state index contributed by atoms with van der Waals surface area (Å²) in [5.41, 5.74) is 5.34. The van der Waals surface area contributed by atoms with Crippen molar-refractivity contribution in [2.45, 2.75) is 34.9 Å². The highest BCUT2D eigenvalue weighted by Crippen LogP contribution is 2.32. The number of nitro benzene ring substituents is 1. The highest BCUT2D eigenvalue weighted by Gasteiger charge is 2.43. The van der Waals surface area contributed by atoms with E-state index in [4.69, 9.17) is 60.2 Å². The molecule has 0 aromatic heterocycles. The molecule has 0 amide bonds. The standard InChI is InChI=1S/C15H15Cl3FN3O6/c16-15(17,18)14(21)27-11-5-9(19)12(10(6-20)26-11)28-13(23)7-1-3-8(4-2-7)22(24)25/h1-4,9-12,21H,5-6,20H2. The van der Waals surface area contributed by atoms with Crippen molar-refractivity contribution in [3.8, 4) is 0 Å². The zero-order valence-electron chi connectivity index (χ0n) is 14.0. The van der Waals surface area contributed by atoms with Crippen molar-refractivity contribution < 1.29 is 28.3 Å². The van der Waals surface area contributed by atoms with Crippen LogP contribution in [0.1, 0.15) is 16.8 Å².